The monoisotopic (exact) mass is 333 g/mol. The Balaban J connectivity index is 2.42. The van der Waals surface area contributed by atoms with Gasteiger partial charge in [0.1, 0.15) is 5.84 Å². The molecule has 2 rings (SSSR count). The molecule has 0 amide bonds. The fourth-order valence-electron chi connectivity index (χ4n) is 2.64. The van der Waals surface area contributed by atoms with Crippen LogP contribution >= 0.6 is 0 Å². The number of hydrogen-bond donors (Lipinski definition) is 1. The fourth-order valence-corrected chi connectivity index (χ4v) is 2.64. The van der Waals surface area contributed by atoms with Gasteiger partial charge in [-0.05, 0) is 19.8 Å². The van der Waals surface area contributed by atoms with Crippen LogP contribution in [0.4, 0.5) is 0 Å². The predicted molar refractivity (Wildman–Crippen MR) is 107 cm³/mol. The molecule has 0 saturated heterocycles. The summed E-state index contributed by atoms with van der Waals surface area (Å²) in [5.41, 5.74) is 2.96. The third-order valence-electron chi connectivity index (χ3n) is 4.74. The van der Waals surface area contributed by atoms with Gasteiger partial charge in [-0.1, -0.05) is 79.7 Å². The van der Waals surface area contributed by atoms with Crippen molar-refractivity contribution in [3.63, 3.8) is 0 Å². The quantitative estimate of drug-likeness (QED) is 0.467. The Kier molecular flexibility index (Phi) is 6.29. The van der Waals surface area contributed by atoms with Gasteiger partial charge in [-0.15, -0.1) is 0 Å². The molecule has 2 atom stereocenters. The molecular formula is C22H27N3. The SMILES string of the molecule is C=C(C)C(C)[C@H](C)N(C)/C(=N\C(=N)c1ccccc1)c1ccccc1. The van der Waals surface area contributed by atoms with Crippen molar-refractivity contribution in [2.24, 2.45) is 10.9 Å². The standard InChI is InChI=1S/C22H27N3/c1-16(2)17(3)18(4)25(5)22(20-14-10-7-11-15-20)24-21(23)19-12-8-6-9-13-19/h6-15,17-18,23H,1H2,2-5H3/b23-21?,24-22-/t17?,18-/m0/s1. The molecule has 0 aromatic heterocycles. The third-order valence-corrected chi connectivity index (χ3v) is 4.74. The maximum absolute atomic E-state index is 8.40. The highest BCUT2D eigenvalue weighted by molar-refractivity contribution is 6.10. The van der Waals surface area contributed by atoms with Gasteiger partial charge in [-0.2, -0.15) is 0 Å². The van der Waals surface area contributed by atoms with Gasteiger partial charge in [-0.3, -0.25) is 5.41 Å². The van der Waals surface area contributed by atoms with Crippen LogP contribution in [0, 0.1) is 11.3 Å². The second-order valence-electron chi connectivity index (χ2n) is 6.50. The summed E-state index contributed by atoms with van der Waals surface area (Å²) >= 11 is 0. The van der Waals surface area contributed by atoms with Crippen molar-refractivity contribution in [3.05, 3.63) is 83.9 Å². The van der Waals surface area contributed by atoms with Crippen molar-refractivity contribution in [1.82, 2.24) is 4.90 Å². The van der Waals surface area contributed by atoms with Crippen molar-refractivity contribution in [2.75, 3.05) is 7.05 Å². The lowest BCUT2D eigenvalue weighted by molar-refractivity contribution is 0.322. The van der Waals surface area contributed by atoms with Gasteiger partial charge >= 0.3 is 0 Å². The van der Waals surface area contributed by atoms with Crippen molar-refractivity contribution >= 4 is 11.7 Å². The molecule has 0 aliphatic carbocycles. The number of benzene rings is 2. The Bertz CT molecular complexity index is 747. The molecule has 0 bridgehead atoms. The Labute approximate surface area is 151 Å². The number of amidine groups is 2. The fraction of sp³-hybridized carbons (Fsp3) is 0.273. The summed E-state index contributed by atoms with van der Waals surface area (Å²) in [5, 5.41) is 8.40. The van der Waals surface area contributed by atoms with Gasteiger partial charge in [0.15, 0.2) is 5.84 Å². The van der Waals surface area contributed by atoms with E-state index in [2.05, 4.69) is 37.2 Å². The summed E-state index contributed by atoms with van der Waals surface area (Å²) in [6.45, 7) is 10.5. The Morgan fingerprint density at radius 2 is 1.44 bits per heavy atom. The zero-order chi connectivity index (χ0) is 18.4. The van der Waals surface area contributed by atoms with E-state index in [1.807, 2.05) is 67.7 Å². The molecule has 0 saturated carbocycles. The average molecular weight is 333 g/mol. The Morgan fingerprint density at radius 1 is 0.960 bits per heavy atom. The normalized spacial score (nSPS) is 13.8. The lowest BCUT2D eigenvalue weighted by atomic mass is 9.95. The summed E-state index contributed by atoms with van der Waals surface area (Å²) in [7, 11) is 2.04. The maximum atomic E-state index is 8.40. The smallest absolute Gasteiger partial charge is 0.154 e. The van der Waals surface area contributed by atoms with Gasteiger partial charge in [0.25, 0.3) is 0 Å². The first-order chi connectivity index (χ1) is 11.9. The minimum atomic E-state index is 0.222. The molecule has 2 aromatic carbocycles. The first-order valence-corrected chi connectivity index (χ1v) is 8.58. The van der Waals surface area contributed by atoms with Crippen molar-refractivity contribution < 1.29 is 0 Å². The van der Waals surface area contributed by atoms with Crippen LogP contribution in [0.15, 0.2) is 77.8 Å². The van der Waals surface area contributed by atoms with E-state index in [4.69, 9.17) is 5.41 Å². The van der Waals surface area contributed by atoms with Crippen LogP contribution in [-0.4, -0.2) is 29.7 Å². The van der Waals surface area contributed by atoms with E-state index in [9.17, 15) is 0 Å². The highest BCUT2D eigenvalue weighted by Gasteiger charge is 2.22. The largest absolute Gasteiger partial charge is 0.356 e. The Morgan fingerprint density at radius 3 is 1.92 bits per heavy atom. The zero-order valence-corrected chi connectivity index (χ0v) is 15.5. The van der Waals surface area contributed by atoms with E-state index in [0.717, 1.165) is 22.5 Å². The average Bonchev–Trinajstić information content (AvgIpc) is 2.65. The molecule has 1 unspecified atom stereocenters. The summed E-state index contributed by atoms with van der Waals surface area (Å²) in [4.78, 5) is 6.82. The van der Waals surface area contributed by atoms with Crippen LogP contribution in [-0.2, 0) is 0 Å². The van der Waals surface area contributed by atoms with Crippen LogP contribution in [0.2, 0.25) is 0 Å². The van der Waals surface area contributed by atoms with Gasteiger partial charge in [0.05, 0.1) is 0 Å². The van der Waals surface area contributed by atoms with Gasteiger partial charge < -0.3 is 4.90 Å². The number of nitrogens with zero attached hydrogens (tertiary/aromatic N) is 2. The predicted octanol–water partition coefficient (Wildman–Crippen LogP) is 4.99. The topological polar surface area (TPSA) is 39.5 Å². The molecular weight excluding hydrogens is 306 g/mol. The lowest BCUT2D eigenvalue weighted by Crippen LogP contribution is -2.40. The molecule has 25 heavy (non-hydrogen) atoms. The van der Waals surface area contributed by atoms with E-state index in [1.165, 1.54) is 0 Å². The molecule has 130 valence electrons. The second kappa shape index (κ2) is 8.43. The molecule has 1 N–H and O–H groups in total. The summed E-state index contributed by atoms with van der Waals surface area (Å²) < 4.78 is 0. The Hall–Kier alpha value is -2.68. The zero-order valence-electron chi connectivity index (χ0n) is 15.5. The van der Waals surface area contributed by atoms with Gasteiger partial charge in [-0.25, -0.2) is 4.99 Å². The molecule has 0 fully saturated rings. The summed E-state index contributed by atoms with van der Waals surface area (Å²) in [6, 6.07) is 19.9. The second-order valence-corrected chi connectivity index (χ2v) is 6.50. The molecule has 3 heteroatoms. The van der Waals surface area contributed by atoms with E-state index in [1.54, 1.807) is 0 Å². The molecule has 0 aliphatic rings. The van der Waals surface area contributed by atoms with Crippen LogP contribution in [0.5, 0.6) is 0 Å². The third kappa shape index (κ3) is 4.66. The molecule has 0 heterocycles. The summed E-state index contributed by atoms with van der Waals surface area (Å²) in [6.07, 6.45) is 0. The highest BCUT2D eigenvalue weighted by atomic mass is 15.2. The van der Waals surface area contributed by atoms with Crippen LogP contribution in [0.25, 0.3) is 0 Å². The van der Waals surface area contributed by atoms with E-state index < -0.39 is 0 Å². The van der Waals surface area contributed by atoms with Gasteiger partial charge in [0, 0.05) is 24.2 Å². The molecule has 2 aromatic rings. The number of aliphatic imine (C=N–C) groups is 1. The van der Waals surface area contributed by atoms with Crippen LogP contribution in [0.1, 0.15) is 31.9 Å². The molecule has 0 radical (unpaired) electrons. The molecule has 3 nitrogen and oxygen atoms in total. The number of nitrogens with one attached hydrogen (secondary N) is 1. The summed E-state index contributed by atoms with van der Waals surface area (Å²) in [5.74, 6) is 1.39. The first kappa shape index (κ1) is 18.7. The number of rotatable bonds is 5. The van der Waals surface area contributed by atoms with Gasteiger partial charge in [0.2, 0.25) is 0 Å². The maximum Gasteiger partial charge on any atom is 0.154 e. The number of hydrogen-bond acceptors (Lipinski definition) is 1. The highest BCUT2D eigenvalue weighted by Crippen LogP contribution is 2.19. The van der Waals surface area contributed by atoms with E-state index >= 15 is 0 Å². The van der Waals surface area contributed by atoms with Crippen molar-refractivity contribution in [3.8, 4) is 0 Å². The van der Waals surface area contributed by atoms with E-state index in [-0.39, 0.29) is 11.9 Å². The minimum absolute atomic E-state index is 0.222. The van der Waals surface area contributed by atoms with Crippen molar-refractivity contribution in [1.29, 1.82) is 5.41 Å². The van der Waals surface area contributed by atoms with E-state index in [0.29, 0.717) is 5.92 Å². The van der Waals surface area contributed by atoms with Crippen LogP contribution in [0.3, 0.4) is 0 Å². The van der Waals surface area contributed by atoms with Crippen LogP contribution < -0.4 is 0 Å². The minimum Gasteiger partial charge on any atom is -0.356 e. The molecule has 0 aliphatic heterocycles. The first-order valence-electron chi connectivity index (χ1n) is 8.58. The molecule has 0 spiro atoms. The van der Waals surface area contributed by atoms with Crippen molar-refractivity contribution in [2.45, 2.75) is 26.8 Å². The lowest BCUT2D eigenvalue weighted by Gasteiger charge is -2.33.